The number of aliphatic hydroxyl groups is 1. The Morgan fingerprint density at radius 2 is 1.80 bits per heavy atom. The second-order valence-electron chi connectivity index (χ2n) is 3.48. The highest BCUT2D eigenvalue weighted by Gasteiger charge is 2.08. The van der Waals surface area contributed by atoms with Crippen LogP contribution in [0.25, 0.3) is 0 Å². The zero-order valence-electron chi connectivity index (χ0n) is 7.23. The van der Waals surface area contributed by atoms with Crippen molar-refractivity contribution in [1.29, 1.82) is 0 Å². The summed E-state index contributed by atoms with van der Waals surface area (Å²) < 4.78 is 0. The van der Waals surface area contributed by atoms with Gasteiger partial charge in [0.25, 0.3) is 0 Å². The first kappa shape index (κ1) is 12.9. The van der Waals surface area contributed by atoms with Gasteiger partial charge in [0.15, 0.2) is 0 Å². The summed E-state index contributed by atoms with van der Waals surface area (Å²) in [6, 6.07) is 0. The van der Waals surface area contributed by atoms with Crippen LogP contribution in [0.15, 0.2) is 0 Å². The van der Waals surface area contributed by atoms with Crippen molar-refractivity contribution in [3.8, 4) is 0 Å². The third kappa shape index (κ3) is 11.1. The van der Waals surface area contributed by atoms with Gasteiger partial charge in [0, 0.05) is 12.1 Å². The van der Waals surface area contributed by atoms with Gasteiger partial charge in [-0.05, 0) is 27.7 Å². The van der Waals surface area contributed by atoms with Gasteiger partial charge in [-0.25, -0.2) is 0 Å². The second kappa shape index (κ2) is 4.99. The van der Waals surface area contributed by atoms with E-state index in [2.05, 4.69) is 26.1 Å². The summed E-state index contributed by atoms with van der Waals surface area (Å²) in [5.41, 5.74) is 0.122. The van der Waals surface area contributed by atoms with Crippen molar-refractivity contribution in [3.05, 3.63) is 0 Å². The van der Waals surface area contributed by atoms with Gasteiger partial charge in [-0.1, -0.05) is 0 Å². The first-order valence-corrected chi connectivity index (χ1v) is 3.35. The van der Waals surface area contributed by atoms with Gasteiger partial charge in [-0.2, -0.15) is 13.5 Å². The quantitative estimate of drug-likeness (QED) is 0.636. The minimum atomic E-state index is -0.246. The van der Waals surface area contributed by atoms with E-state index in [1.54, 1.807) is 6.92 Å². The maximum atomic E-state index is 8.85. The Morgan fingerprint density at radius 3 is 1.90 bits per heavy atom. The molecule has 0 heterocycles. The Morgan fingerprint density at radius 1 is 1.40 bits per heavy atom. The van der Waals surface area contributed by atoms with Crippen molar-refractivity contribution in [2.24, 2.45) is 0 Å². The molecule has 0 aromatic heterocycles. The van der Waals surface area contributed by atoms with E-state index in [0.29, 0.717) is 6.54 Å². The summed E-state index contributed by atoms with van der Waals surface area (Å²) >= 11 is 0. The van der Waals surface area contributed by atoms with Gasteiger partial charge in [-0.3, -0.25) is 0 Å². The molecule has 64 valence electrons. The molecule has 0 rings (SSSR count). The minimum absolute atomic E-state index is 0. The first-order chi connectivity index (χ1) is 3.92. The van der Waals surface area contributed by atoms with E-state index in [1.165, 1.54) is 0 Å². The number of rotatable bonds is 2. The maximum absolute atomic E-state index is 8.85. The molecule has 0 radical (unpaired) electrons. The predicted molar refractivity (Wildman–Crippen MR) is 49.8 cm³/mol. The molecule has 10 heavy (non-hydrogen) atoms. The van der Waals surface area contributed by atoms with Crippen molar-refractivity contribution in [3.63, 3.8) is 0 Å². The monoisotopic (exact) mass is 165 g/mol. The Labute approximate surface area is 70.5 Å². The van der Waals surface area contributed by atoms with Crippen molar-refractivity contribution in [2.75, 3.05) is 6.54 Å². The number of β-amino-alcohol motifs (C(OH)–C–C–N with tert-alkyl or cyclic N) is 1. The molecule has 0 unspecified atom stereocenters. The lowest BCUT2D eigenvalue weighted by atomic mass is 10.1. The first-order valence-electron chi connectivity index (χ1n) is 3.35. The lowest BCUT2D eigenvalue weighted by Crippen LogP contribution is -2.39. The van der Waals surface area contributed by atoms with E-state index in [1.807, 2.05) is 0 Å². The van der Waals surface area contributed by atoms with Gasteiger partial charge in [0.1, 0.15) is 0 Å². The summed E-state index contributed by atoms with van der Waals surface area (Å²) in [6.45, 7) is 8.68. The van der Waals surface area contributed by atoms with Crippen LogP contribution in [-0.2, 0) is 0 Å². The highest BCUT2D eigenvalue weighted by atomic mass is 32.1. The van der Waals surface area contributed by atoms with Gasteiger partial charge < -0.3 is 10.4 Å². The molecule has 3 heteroatoms. The van der Waals surface area contributed by atoms with Crippen LogP contribution in [0, 0.1) is 0 Å². The zero-order chi connectivity index (χ0) is 7.49. The van der Waals surface area contributed by atoms with Crippen LogP contribution in [0.2, 0.25) is 0 Å². The number of aliphatic hydroxyl groups excluding tert-OH is 1. The Kier molecular flexibility index (Phi) is 6.44. The molecule has 0 spiro atoms. The summed E-state index contributed by atoms with van der Waals surface area (Å²) in [7, 11) is 0. The fourth-order valence-corrected chi connectivity index (χ4v) is 0.454. The van der Waals surface area contributed by atoms with E-state index < -0.39 is 0 Å². The number of hydrogen-bond donors (Lipinski definition) is 2. The van der Waals surface area contributed by atoms with E-state index in [4.69, 9.17) is 5.11 Å². The summed E-state index contributed by atoms with van der Waals surface area (Å²) in [4.78, 5) is 0. The molecule has 1 atom stereocenters. The molecule has 0 aliphatic heterocycles. The van der Waals surface area contributed by atoms with Gasteiger partial charge in [0.2, 0.25) is 0 Å². The lowest BCUT2D eigenvalue weighted by Gasteiger charge is -2.21. The molecule has 0 aliphatic rings. The van der Waals surface area contributed by atoms with E-state index in [9.17, 15) is 0 Å². The molecule has 0 aromatic carbocycles. The molecule has 0 amide bonds. The maximum Gasteiger partial charge on any atom is 0.0636 e. The SMILES string of the molecule is C[C@H](O)CNC(C)(C)C.S. The third-order valence-electron chi connectivity index (χ3n) is 0.928. The molecule has 0 aromatic rings. The van der Waals surface area contributed by atoms with Crippen LogP contribution >= 0.6 is 13.5 Å². The molecule has 2 nitrogen and oxygen atoms in total. The Bertz CT molecular complexity index is 78.2. The second-order valence-corrected chi connectivity index (χ2v) is 3.48. The standard InChI is InChI=1S/C7H17NO.H2S/c1-6(9)5-8-7(2,3)4;/h6,8-9H,5H2,1-4H3;1H2/t6-;/m0./s1. The van der Waals surface area contributed by atoms with E-state index >= 15 is 0 Å². The topological polar surface area (TPSA) is 32.3 Å². The van der Waals surface area contributed by atoms with Crippen LogP contribution in [0.1, 0.15) is 27.7 Å². The summed E-state index contributed by atoms with van der Waals surface area (Å²) in [6.07, 6.45) is -0.246. The summed E-state index contributed by atoms with van der Waals surface area (Å²) in [5, 5.41) is 12.0. The fourth-order valence-electron chi connectivity index (χ4n) is 0.454. The molecule has 0 aliphatic carbocycles. The van der Waals surface area contributed by atoms with Crippen molar-refractivity contribution >= 4 is 13.5 Å². The minimum Gasteiger partial charge on any atom is -0.392 e. The van der Waals surface area contributed by atoms with Crippen molar-refractivity contribution in [1.82, 2.24) is 5.32 Å². The number of hydrogen-bond acceptors (Lipinski definition) is 2. The largest absolute Gasteiger partial charge is 0.392 e. The molecule has 0 fully saturated rings. The van der Waals surface area contributed by atoms with E-state index in [-0.39, 0.29) is 25.1 Å². The molecule has 2 N–H and O–H groups in total. The predicted octanol–water partition coefficient (Wildman–Crippen LogP) is 0.868. The lowest BCUT2D eigenvalue weighted by molar-refractivity contribution is 0.179. The van der Waals surface area contributed by atoms with Crippen LogP contribution in [0.4, 0.5) is 0 Å². The molecular formula is C7H19NOS. The molecule has 0 saturated carbocycles. The number of nitrogens with one attached hydrogen (secondary N) is 1. The van der Waals surface area contributed by atoms with Crippen molar-refractivity contribution in [2.45, 2.75) is 39.3 Å². The third-order valence-corrected chi connectivity index (χ3v) is 0.928. The van der Waals surface area contributed by atoms with E-state index in [0.717, 1.165) is 0 Å². The average Bonchev–Trinajstić information content (AvgIpc) is 1.59. The van der Waals surface area contributed by atoms with Gasteiger partial charge in [0.05, 0.1) is 6.10 Å². The normalized spacial score (nSPS) is 14.1. The van der Waals surface area contributed by atoms with Gasteiger partial charge >= 0.3 is 0 Å². The Hall–Kier alpha value is 0.270. The molecular weight excluding hydrogens is 146 g/mol. The van der Waals surface area contributed by atoms with Crippen LogP contribution in [0.5, 0.6) is 0 Å². The Balaban J connectivity index is 0. The smallest absolute Gasteiger partial charge is 0.0636 e. The zero-order valence-corrected chi connectivity index (χ0v) is 8.23. The fraction of sp³-hybridized carbons (Fsp3) is 1.00. The van der Waals surface area contributed by atoms with Crippen LogP contribution in [0.3, 0.4) is 0 Å². The summed E-state index contributed by atoms with van der Waals surface area (Å²) in [5.74, 6) is 0. The average molecular weight is 165 g/mol. The molecule has 0 bridgehead atoms. The van der Waals surface area contributed by atoms with Gasteiger partial charge in [-0.15, -0.1) is 0 Å². The highest BCUT2D eigenvalue weighted by Crippen LogP contribution is 1.97. The molecule has 0 saturated heterocycles. The highest BCUT2D eigenvalue weighted by molar-refractivity contribution is 7.59. The van der Waals surface area contributed by atoms with Crippen molar-refractivity contribution < 1.29 is 5.11 Å². The van der Waals surface area contributed by atoms with Crippen LogP contribution in [-0.4, -0.2) is 23.3 Å². The van der Waals surface area contributed by atoms with Crippen LogP contribution < -0.4 is 5.32 Å².